The molecular formula is C25H29N3O6. The van der Waals surface area contributed by atoms with E-state index < -0.39 is 18.5 Å². The first-order valence-corrected chi connectivity index (χ1v) is 10.7. The summed E-state index contributed by atoms with van der Waals surface area (Å²) in [6.07, 6.45) is 2.17. The largest absolute Gasteiger partial charge is 0.480 e. The van der Waals surface area contributed by atoms with Crippen LogP contribution in [0.25, 0.3) is 6.08 Å². The molecule has 0 aliphatic heterocycles. The average Bonchev–Trinajstić information content (AvgIpc) is 2.81. The number of nitrogens with one attached hydrogen (secondary N) is 1. The molecule has 0 saturated carbocycles. The van der Waals surface area contributed by atoms with E-state index in [9.17, 15) is 14.4 Å². The number of amides is 1. The van der Waals surface area contributed by atoms with Crippen molar-refractivity contribution >= 4 is 29.8 Å². The molecule has 0 spiro atoms. The Hall–Kier alpha value is -3.98. The highest BCUT2D eigenvalue weighted by molar-refractivity contribution is 5.99. The second-order valence-electron chi connectivity index (χ2n) is 7.45. The van der Waals surface area contributed by atoms with Gasteiger partial charge >= 0.3 is 11.9 Å². The van der Waals surface area contributed by atoms with Gasteiger partial charge in [0.1, 0.15) is 18.1 Å². The van der Waals surface area contributed by atoms with Crippen molar-refractivity contribution in [3.8, 4) is 5.75 Å². The predicted octanol–water partition coefficient (Wildman–Crippen LogP) is 2.93. The fourth-order valence-corrected chi connectivity index (χ4v) is 3.06. The zero-order valence-corrected chi connectivity index (χ0v) is 19.2. The maximum Gasteiger partial charge on any atom is 0.343 e. The number of hydrogen-bond donors (Lipinski definition) is 3. The number of aliphatic carboxylic acids is 1. The summed E-state index contributed by atoms with van der Waals surface area (Å²) in [6, 6.07) is 12.8. The quantitative estimate of drug-likeness (QED) is 0.109. The second kappa shape index (κ2) is 12.9. The van der Waals surface area contributed by atoms with Gasteiger partial charge in [-0.15, -0.1) is 0 Å². The summed E-state index contributed by atoms with van der Waals surface area (Å²) in [5.41, 5.74) is 7.31. The fraction of sp³-hybridized carbons (Fsp3) is 0.280. The highest BCUT2D eigenvalue weighted by Crippen LogP contribution is 2.16. The number of carbonyl (C=O) groups is 3. The van der Waals surface area contributed by atoms with Gasteiger partial charge in [-0.2, -0.15) is 0 Å². The first-order chi connectivity index (χ1) is 16.2. The molecule has 2 aromatic carbocycles. The minimum Gasteiger partial charge on any atom is -0.480 e. The van der Waals surface area contributed by atoms with Crippen LogP contribution >= 0.6 is 0 Å². The third-order valence-electron chi connectivity index (χ3n) is 4.78. The van der Waals surface area contributed by atoms with Crippen molar-refractivity contribution in [1.82, 2.24) is 4.90 Å². The Morgan fingerprint density at radius 3 is 2.24 bits per heavy atom. The minimum atomic E-state index is -1.09. The van der Waals surface area contributed by atoms with Crippen LogP contribution in [-0.4, -0.2) is 60.0 Å². The zero-order chi connectivity index (χ0) is 25.1. The summed E-state index contributed by atoms with van der Waals surface area (Å²) in [5.74, 6) is -1.77. The SMILES string of the molecule is CCOCCCN(CC(=O)O)C(=O)C(C)=Cc1ccc(C(=O)Oc2ccc(C(=N)N)cc2)cc1. The molecule has 0 atom stereocenters. The van der Waals surface area contributed by atoms with Gasteiger partial charge in [-0.05, 0) is 68.3 Å². The van der Waals surface area contributed by atoms with Gasteiger partial charge in [0.25, 0.3) is 0 Å². The van der Waals surface area contributed by atoms with Gasteiger partial charge in [-0.3, -0.25) is 15.0 Å². The molecule has 0 bridgehead atoms. The molecule has 0 aliphatic rings. The molecule has 0 fully saturated rings. The molecule has 2 aromatic rings. The van der Waals surface area contributed by atoms with E-state index in [-0.39, 0.29) is 18.3 Å². The number of carbonyl (C=O) groups excluding carboxylic acids is 2. The lowest BCUT2D eigenvalue weighted by Crippen LogP contribution is -2.37. The van der Waals surface area contributed by atoms with Crippen LogP contribution in [0.2, 0.25) is 0 Å². The van der Waals surface area contributed by atoms with Crippen LogP contribution in [0.1, 0.15) is 41.8 Å². The first-order valence-electron chi connectivity index (χ1n) is 10.7. The summed E-state index contributed by atoms with van der Waals surface area (Å²) in [4.78, 5) is 37.6. The summed E-state index contributed by atoms with van der Waals surface area (Å²) >= 11 is 0. The monoisotopic (exact) mass is 467 g/mol. The highest BCUT2D eigenvalue weighted by Gasteiger charge is 2.18. The van der Waals surface area contributed by atoms with Crippen LogP contribution in [-0.2, 0) is 14.3 Å². The van der Waals surface area contributed by atoms with Crippen molar-refractivity contribution in [3.05, 3.63) is 70.8 Å². The Labute approximate surface area is 198 Å². The lowest BCUT2D eigenvalue weighted by Gasteiger charge is -2.21. The van der Waals surface area contributed by atoms with Crippen LogP contribution < -0.4 is 10.5 Å². The Kier molecular flexibility index (Phi) is 9.97. The van der Waals surface area contributed by atoms with E-state index in [2.05, 4.69) is 0 Å². The van der Waals surface area contributed by atoms with Gasteiger partial charge in [0.05, 0.1) is 5.56 Å². The third-order valence-corrected chi connectivity index (χ3v) is 4.78. The van der Waals surface area contributed by atoms with E-state index >= 15 is 0 Å². The molecule has 180 valence electrons. The van der Waals surface area contributed by atoms with Crippen molar-refractivity contribution in [2.45, 2.75) is 20.3 Å². The van der Waals surface area contributed by atoms with Crippen LogP contribution in [0, 0.1) is 5.41 Å². The van der Waals surface area contributed by atoms with E-state index in [1.807, 2.05) is 6.92 Å². The van der Waals surface area contributed by atoms with E-state index in [0.717, 1.165) is 0 Å². The number of nitrogens with zero attached hydrogens (tertiary/aromatic N) is 1. The smallest absolute Gasteiger partial charge is 0.343 e. The Morgan fingerprint density at radius 2 is 1.68 bits per heavy atom. The van der Waals surface area contributed by atoms with Crippen molar-refractivity contribution in [1.29, 1.82) is 5.41 Å². The van der Waals surface area contributed by atoms with Gasteiger partial charge in [0.2, 0.25) is 5.91 Å². The lowest BCUT2D eigenvalue weighted by atomic mass is 10.1. The molecule has 0 aromatic heterocycles. The van der Waals surface area contributed by atoms with Gasteiger partial charge in [-0.25, -0.2) is 4.79 Å². The van der Waals surface area contributed by atoms with E-state index in [0.29, 0.717) is 47.6 Å². The van der Waals surface area contributed by atoms with Crippen LogP contribution in [0.4, 0.5) is 0 Å². The average molecular weight is 468 g/mol. The number of carboxylic acids is 1. The number of hydrogen-bond acceptors (Lipinski definition) is 6. The number of esters is 1. The van der Waals surface area contributed by atoms with Gasteiger partial charge in [0.15, 0.2) is 0 Å². The zero-order valence-electron chi connectivity index (χ0n) is 19.2. The molecule has 34 heavy (non-hydrogen) atoms. The van der Waals surface area contributed by atoms with Crippen molar-refractivity contribution in [2.75, 3.05) is 26.3 Å². The van der Waals surface area contributed by atoms with Gasteiger partial charge < -0.3 is 25.2 Å². The predicted molar refractivity (Wildman–Crippen MR) is 128 cm³/mol. The lowest BCUT2D eigenvalue weighted by molar-refractivity contribution is -0.143. The molecule has 0 unspecified atom stereocenters. The highest BCUT2D eigenvalue weighted by atomic mass is 16.5. The third kappa shape index (κ3) is 8.18. The molecule has 0 heterocycles. The number of nitrogens with two attached hydrogens (primary N) is 1. The van der Waals surface area contributed by atoms with Crippen molar-refractivity contribution in [3.63, 3.8) is 0 Å². The first kappa shape index (κ1) is 26.3. The molecule has 4 N–H and O–H groups in total. The van der Waals surface area contributed by atoms with Crippen molar-refractivity contribution in [2.24, 2.45) is 5.73 Å². The molecular weight excluding hydrogens is 438 g/mol. The topological polar surface area (TPSA) is 143 Å². The molecule has 0 saturated heterocycles. The fourth-order valence-electron chi connectivity index (χ4n) is 3.06. The molecule has 1 amide bonds. The maximum absolute atomic E-state index is 12.7. The summed E-state index contributed by atoms with van der Waals surface area (Å²) in [5, 5.41) is 16.5. The minimum absolute atomic E-state index is 0.0770. The number of rotatable bonds is 12. The molecule has 0 radical (unpaired) electrons. The van der Waals surface area contributed by atoms with Crippen LogP contribution in [0.15, 0.2) is 54.1 Å². The van der Waals surface area contributed by atoms with Crippen molar-refractivity contribution < 1.29 is 29.0 Å². The maximum atomic E-state index is 12.7. The normalized spacial score (nSPS) is 11.1. The summed E-state index contributed by atoms with van der Waals surface area (Å²) in [7, 11) is 0. The standard InChI is InChI=1S/C25H29N3O6/c1-3-33-14-4-13-28(16-22(29)30)24(31)17(2)15-18-5-7-20(8-6-18)25(32)34-21-11-9-19(10-12-21)23(26)27/h5-12,15H,3-4,13-14,16H2,1-2H3,(H3,26,27)(H,29,30). The Bertz CT molecular complexity index is 1050. The van der Waals surface area contributed by atoms with E-state index in [1.54, 1.807) is 61.5 Å². The van der Waals surface area contributed by atoms with E-state index in [4.69, 9.17) is 25.7 Å². The molecule has 9 nitrogen and oxygen atoms in total. The molecule has 0 aliphatic carbocycles. The van der Waals surface area contributed by atoms with Crippen LogP contribution in [0.3, 0.4) is 0 Å². The van der Waals surface area contributed by atoms with Crippen LogP contribution in [0.5, 0.6) is 5.75 Å². The summed E-state index contributed by atoms with van der Waals surface area (Å²) < 4.78 is 10.6. The molecule has 9 heteroatoms. The number of ether oxygens (including phenoxy) is 2. The number of carboxylic acid groups (broad SMARTS) is 1. The number of benzene rings is 2. The molecule has 2 rings (SSSR count). The van der Waals surface area contributed by atoms with Gasteiger partial charge in [-0.1, -0.05) is 12.1 Å². The van der Waals surface area contributed by atoms with Gasteiger partial charge in [0, 0.05) is 30.9 Å². The second-order valence-corrected chi connectivity index (χ2v) is 7.45. The van der Waals surface area contributed by atoms with E-state index in [1.165, 1.54) is 4.90 Å². The number of amidine groups is 1. The summed E-state index contributed by atoms with van der Waals surface area (Å²) in [6.45, 7) is 4.36. The Balaban J connectivity index is 2.04. The Morgan fingerprint density at radius 1 is 1.06 bits per heavy atom. The number of nitrogen functional groups attached to an aromatic ring is 1.